The van der Waals surface area contributed by atoms with E-state index in [1.165, 1.54) is 0 Å². The van der Waals surface area contributed by atoms with E-state index in [1.807, 2.05) is 54.9 Å². The van der Waals surface area contributed by atoms with Crippen molar-refractivity contribution in [3.05, 3.63) is 60.6 Å². The second-order valence-corrected chi connectivity index (χ2v) is 8.98. The summed E-state index contributed by atoms with van der Waals surface area (Å²) in [5, 5.41) is 2.86. The maximum Gasteiger partial charge on any atom is 0.389 e. The number of alkyl halides is 3. The number of hydrogen-bond acceptors (Lipinski definition) is 4. The van der Waals surface area contributed by atoms with Crippen LogP contribution in [0.25, 0.3) is 16.9 Å². The van der Waals surface area contributed by atoms with Crippen LogP contribution in [0.2, 0.25) is 0 Å². The van der Waals surface area contributed by atoms with Gasteiger partial charge in [-0.25, -0.2) is 14.8 Å². The van der Waals surface area contributed by atoms with Crippen LogP contribution in [0.15, 0.2) is 55.0 Å². The lowest BCUT2D eigenvalue weighted by Gasteiger charge is -2.32. The van der Waals surface area contributed by atoms with Gasteiger partial charge in [-0.05, 0) is 37.8 Å². The van der Waals surface area contributed by atoms with Gasteiger partial charge in [0, 0.05) is 43.2 Å². The van der Waals surface area contributed by atoms with Crippen LogP contribution in [0.5, 0.6) is 5.88 Å². The van der Waals surface area contributed by atoms with Crippen molar-refractivity contribution >= 4 is 11.7 Å². The number of benzene rings is 1. The minimum atomic E-state index is -4.31. The zero-order valence-corrected chi connectivity index (χ0v) is 20.5. The van der Waals surface area contributed by atoms with Gasteiger partial charge in [0.15, 0.2) is 0 Å². The third-order valence-electron chi connectivity index (χ3n) is 6.52. The van der Waals surface area contributed by atoms with E-state index >= 15 is 0 Å². The molecule has 192 valence electrons. The molecular weight excluding hydrogens is 471 g/mol. The van der Waals surface area contributed by atoms with E-state index in [1.54, 1.807) is 30.2 Å². The molecule has 3 atom stereocenters. The molecule has 3 aromatic rings. The lowest BCUT2D eigenvalue weighted by atomic mass is 9.96. The molecule has 0 spiro atoms. The zero-order chi connectivity index (χ0) is 25.9. The zero-order valence-electron chi connectivity index (χ0n) is 20.5. The third-order valence-corrected chi connectivity index (χ3v) is 6.52. The fraction of sp³-hybridized carbons (Fsp3) is 0.423. The number of hydrogen-bond donors (Lipinski definition) is 1. The first-order valence-corrected chi connectivity index (χ1v) is 12.0. The molecule has 4 bridgehead atoms. The predicted octanol–water partition coefficient (Wildman–Crippen LogP) is 5.78. The van der Waals surface area contributed by atoms with Crippen molar-refractivity contribution < 1.29 is 22.7 Å². The number of nitrogens with one attached hydrogen (secondary N) is 1. The standard InChI is InChI=1S/C26H30F3N5O2/c1-4-34-18(3)19-8-5-9-20(15-19)22-16-33-13-12-30-23(33)24(31-22)36-14-6-7-17(2)21(32-25(34)35)10-11-26(27,28)29/h5-9,12-13,15-18,21H,4,10-11,14H2,1-3H3,(H,32,35)/b7-6-/t17?,18-,21?/m1/s1. The van der Waals surface area contributed by atoms with E-state index < -0.39 is 24.7 Å². The Morgan fingerprint density at radius 2 is 2.06 bits per heavy atom. The SMILES string of the molecule is CCN1C(=O)NC(CCC(F)(F)F)C(C)/C=C\COc2nc(cn3ccnc23)-c2cccc(c2)[C@H]1C. The summed E-state index contributed by atoms with van der Waals surface area (Å²) in [6.07, 6.45) is 3.33. The van der Waals surface area contributed by atoms with E-state index in [0.29, 0.717) is 23.8 Å². The number of carbonyl (C=O) groups excluding carboxylic acids is 1. The Labute approximate surface area is 208 Å². The van der Waals surface area contributed by atoms with E-state index in [4.69, 9.17) is 4.74 Å². The summed E-state index contributed by atoms with van der Waals surface area (Å²) in [4.78, 5) is 23.9. The molecule has 0 saturated carbocycles. The normalized spacial score (nSPS) is 22.2. The summed E-state index contributed by atoms with van der Waals surface area (Å²) in [6, 6.07) is 6.30. The number of fused-ring (bicyclic) bond motifs is 7. The fourth-order valence-corrected chi connectivity index (χ4v) is 4.43. The second kappa shape index (κ2) is 10.6. The van der Waals surface area contributed by atoms with Gasteiger partial charge in [-0.1, -0.05) is 37.3 Å². The highest BCUT2D eigenvalue weighted by molar-refractivity contribution is 5.75. The van der Waals surface area contributed by atoms with Gasteiger partial charge in [0.05, 0.1) is 11.7 Å². The molecular formula is C26H30F3N5O2. The molecule has 1 N–H and O–H groups in total. The third kappa shape index (κ3) is 5.80. The Morgan fingerprint density at radius 3 is 2.81 bits per heavy atom. The van der Waals surface area contributed by atoms with Crippen molar-refractivity contribution in [2.75, 3.05) is 13.2 Å². The molecule has 1 aliphatic rings. The van der Waals surface area contributed by atoms with Gasteiger partial charge in [-0.2, -0.15) is 13.2 Å². The molecule has 1 aliphatic heterocycles. The Bertz CT molecular complexity index is 1240. The largest absolute Gasteiger partial charge is 0.471 e. The Balaban J connectivity index is 1.75. The first-order valence-electron chi connectivity index (χ1n) is 12.0. The molecule has 0 fully saturated rings. The van der Waals surface area contributed by atoms with Crippen LogP contribution in [0.1, 0.15) is 45.2 Å². The summed E-state index contributed by atoms with van der Waals surface area (Å²) >= 11 is 0. The Morgan fingerprint density at radius 1 is 1.25 bits per heavy atom. The smallest absolute Gasteiger partial charge is 0.389 e. The van der Waals surface area contributed by atoms with Gasteiger partial charge < -0.3 is 19.4 Å². The molecule has 2 amide bonds. The number of imidazole rings is 1. The van der Waals surface area contributed by atoms with Gasteiger partial charge in [-0.3, -0.25) is 0 Å². The van der Waals surface area contributed by atoms with Gasteiger partial charge >= 0.3 is 12.2 Å². The molecule has 1 aromatic carbocycles. The lowest BCUT2D eigenvalue weighted by Crippen LogP contribution is -2.48. The number of carbonyl (C=O) groups is 1. The Kier molecular flexibility index (Phi) is 7.51. The minimum Gasteiger partial charge on any atom is -0.471 e. The lowest BCUT2D eigenvalue weighted by molar-refractivity contribution is -0.136. The molecule has 0 radical (unpaired) electrons. The van der Waals surface area contributed by atoms with Gasteiger partial charge in [0.1, 0.15) is 6.61 Å². The van der Waals surface area contributed by atoms with Crippen LogP contribution in [-0.4, -0.2) is 50.7 Å². The first-order chi connectivity index (χ1) is 17.2. The van der Waals surface area contributed by atoms with Crippen LogP contribution in [0.4, 0.5) is 18.0 Å². The number of nitrogens with zero attached hydrogens (tertiary/aromatic N) is 4. The van der Waals surface area contributed by atoms with Gasteiger partial charge in [0.2, 0.25) is 5.65 Å². The molecule has 3 heterocycles. The number of ether oxygens (including phenoxy) is 1. The van der Waals surface area contributed by atoms with Crippen molar-refractivity contribution in [1.29, 1.82) is 0 Å². The van der Waals surface area contributed by atoms with Crippen LogP contribution >= 0.6 is 0 Å². The fourth-order valence-electron chi connectivity index (χ4n) is 4.43. The molecule has 10 heteroatoms. The molecule has 0 aliphatic carbocycles. The second-order valence-electron chi connectivity index (χ2n) is 8.98. The number of rotatable bonds is 3. The molecule has 36 heavy (non-hydrogen) atoms. The van der Waals surface area contributed by atoms with Crippen LogP contribution < -0.4 is 10.1 Å². The number of aromatic nitrogens is 3. The van der Waals surface area contributed by atoms with Crippen LogP contribution in [0.3, 0.4) is 0 Å². The van der Waals surface area contributed by atoms with E-state index in [-0.39, 0.29) is 25.0 Å². The molecule has 2 unspecified atom stereocenters. The molecule has 4 rings (SSSR count). The van der Waals surface area contributed by atoms with E-state index in [0.717, 1.165) is 11.1 Å². The van der Waals surface area contributed by atoms with E-state index in [9.17, 15) is 18.0 Å². The Hall–Kier alpha value is -3.56. The van der Waals surface area contributed by atoms with Crippen molar-refractivity contribution in [3.8, 4) is 17.1 Å². The van der Waals surface area contributed by atoms with E-state index in [2.05, 4.69) is 15.3 Å². The average molecular weight is 502 g/mol. The topological polar surface area (TPSA) is 71.8 Å². The van der Waals surface area contributed by atoms with Crippen molar-refractivity contribution in [3.63, 3.8) is 0 Å². The van der Waals surface area contributed by atoms with Crippen molar-refractivity contribution in [2.45, 2.75) is 51.9 Å². The maximum absolute atomic E-state index is 13.2. The highest BCUT2D eigenvalue weighted by atomic mass is 19.4. The predicted molar refractivity (Wildman–Crippen MR) is 131 cm³/mol. The monoisotopic (exact) mass is 501 g/mol. The quantitative estimate of drug-likeness (QED) is 0.462. The number of urea groups is 1. The molecule has 7 nitrogen and oxygen atoms in total. The number of halogens is 3. The van der Waals surface area contributed by atoms with Gasteiger partial charge in [-0.15, -0.1) is 0 Å². The average Bonchev–Trinajstić information content (AvgIpc) is 3.32. The highest BCUT2D eigenvalue weighted by Gasteiger charge is 2.31. The maximum atomic E-state index is 13.2. The molecule has 0 saturated heterocycles. The summed E-state index contributed by atoms with van der Waals surface area (Å²) in [7, 11) is 0. The summed E-state index contributed by atoms with van der Waals surface area (Å²) in [5.41, 5.74) is 2.98. The van der Waals surface area contributed by atoms with Crippen LogP contribution in [0, 0.1) is 5.92 Å². The number of amides is 2. The van der Waals surface area contributed by atoms with Crippen molar-refractivity contribution in [2.24, 2.45) is 5.92 Å². The summed E-state index contributed by atoms with van der Waals surface area (Å²) < 4.78 is 46.8. The highest BCUT2D eigenvalue weighted by Crippen LogP contribution is 2.29. The van der Waals surface area contributed by atoms with Crippen molar-refractivity contribution in [1.82, 2.24) is 24.6 Å². The summed E-state index contributed by atoms with van der Waals surface area (Å²) in [6.45, 7) is 6.09. The first kappa shape index (κ1) is 25.5. The minimum absolute atomic E-state index is 0.154. The summed E-state index contributed by atoms with van der Waals surface area (Å²) in [5.74, 6) is 0.00772. The molecule has 2 aromatic heterocycles. The van der Waals surface area contributed by atoms with Crippen LogP contribution in [-0.2, 0) is 0 Å². The van der Waals surface area contributed by atoms with Gasteiger partial charge in [0.25, 0.3) is 5.88 Å².